The van der Waals surface area contributed by atoms with E-state index in [2.05, 4.69) is 10.4 Å². The van der Waals surface area contributed by atoms with Gasteiger partial charge in [0.2, 0.25) is 5.91 Å². The minimum absolute atomic E-state index is 0.184. The van der Waals surface area contributed by atoms with Crippen molar-refractivity contribution in [3.63, 3.8) is 0 Å². The fraction of sp³-hybridized carbons (Fsp3) is 0. The molecule has 0 aliphatic carbocycles. The van der Waals surface area contributed by atoms with Gasteiger partial charge in [0.15, 0.2) is 11.6 Å². The number of amides is 1. The van der Waals surface area contributed by atoms with E-state index in [4.69, 9.17) is 0 Å². The highest BCUT2D eigenvalue weighted by atomic mass is 19.2. The number of hydrogen-bond donors (Lipinski definition) is 1. The molecule has 0 unspecified atom stereocenters. The molecule has 4 nitrogen and oxygen atoms in total. The van der Waals surface area contributed by atoms with Crippen LogP contribution in [0.3, 0.4) is 0 Å². The third-order valence-electron chi connectivity index (χ3n) is 3.24. The van der Waals surface area contributed by atoms with Gasteiger partial charge in [-0.1, -0.05) is 18.2 Å². The summed E-state index contributed by atoms with van der Waals surface area (Å²) in [5, 5.41) is 6.67. The molecular weight excluding hydrogens is 312 g/mol. The van der Waals surface area contributed by atoms with E-state index >= 15 is 0 Å². The van der Waals surface area contributed by atoms with Crippen molar-refractivity contribution in [1.29, 1.82) is 0 Å². The molecule has 0 aliphatic heterocycles. The van der Waals surface area contributed by atoms with Crippen LogP contribution in [0.2, 0.25) is 0 Å². The van der Waals surface area contributed by atoms with E-state index in [0.29, 0.717) is 0 Å². The predicted octanol–water partition coefficient (Wildman–Crippen LogP) is 3.80. The van der Waals surface area contributed by atoms with Crippen LogP contribution >= 0.6 is 0 Å². The van der Waals surface area contributed by atoms with E-state index in [9.17, 15) is 13.6 Å². The van der Waals surface area contributed by atoms with Crippen molar-refractivity contribution >= 4 is 17.7 Å². The highest BCUT2D eigenvalue weighted by molar-refractivity contribution is 6.01. The van der Waals surface area contributed by atoms with Gasteiger partial charge < -0.3 is 5.32 Å². The van der Waals surface area contributed by atoms with Gasteiger partial charge in [0.05, 0.1) is 11.9 Å². The van der Waals surface area contributed by atoms with Crippen molar-refractivity contribution in [2.24, 2.45) is 0 Å². The summed E-state index contributed by atoms with van der Waals surface area (Å²) >= 11 is 0. The van der Waals surface area contributed by atoms with E-state index in [0.717, 1.165) is 23.4 Å². The number of nitrogens with one attached hydrogen (secondary N) is 1. The first-order valence-electron chi connectivity index (χ1n) is 7.16. The maximum atomic E-state index is 13.1. The number of carbonyl (C=O) groups excluding carboxylic acids is 1. The molecular formula is C18H13F2N3O. The number of carbonyl (C=O) groups is 1. The monoisotopic (exact) mass is 325 g/mol. The van der Waals surface area contributed by atoms with E-state index in [1.807, 2.05) is 30.3 Å². The van der Waals surface area contributed by atoms with Crippen molar-refractivity contribution in [2.45, 2.75) is 0 Å². The van der Waals surface area contributed by atoms with E-state index in [-0.39, 0.29) is 5.69 Å². The molecule has 0 atom stereocenters. The van der Waals surface area contributed by atoms with Crippen LogP contribution in [0.4, 0.5) is 14.5 Å². The van der Waals surface area contributed by atoms with E-state index < -0.39 is 17.5 Å². The summed E-state index contributed by atoms with van der Waals surface area (Å²) in [4.78, 5) is 11.8. The molecule has 1 aromatic heterocycles. The molecule has 0 spiro atoms. The zero-order chi connectivity index (χ0) is 16.9. The highest BCUT2D eigenvalue weighted by Gasteiger charge is 2.04. The summed E-state index contributed by atoms with van der Waals surface area (Å²) in [7, 11) is 0. The minimum Gasteiger partial charge on any atom is -0.322 e. The maximum Gasteiger partial charge on any atom is 0.248 e. The first-order chi connectivity index (χ1) is 11.6. The summed E-state index contributed by atoms with van der Waals surface area (Å²) < 4.78 is 27.6. The molecule has 3 aromatic rings. The van der Waals surface area contributed by atoms with Crippen molar-refractivity contribution in [3.8, 4) is 5.69 Å². The summed E-state index contributed by atoms with van der Waals surface area (Å²) in [6.07, 6.45) is 6.28. The van der Waals surface area contributed by atoms with Crippen LogP contribution in [0, 0.1) is 11.6 Å². The van der Waals surface area contributed by atoms with Gasteiger partial charge in [-0.3, -0.25) is 4.79 Å². The van der Waals surface area contributed by atoms with Gasteiger partial charge in [-0.05, 0) is 30.3 Å². The smallest absolute Gasteiger partial charge is 0.248 e. The highest BCUT2D eigenvalue weighted by Crippen LogP contribution is 2.13. The average Bonchev–Trinajstić information content (AvgIpc) is 3.06. The van der Waals surface area contributed by atoms with Crippen LogP contribution in [-0.4, -0.2) is 15.7 Å². The topological polar surface area (TPSA) is 46.9 Å². The van der Waals surface area contributed by atoms with Crippen molar-refractivity contribution < 1.29 is 13.6 Å². The number of anilines is 1. The zero-order valence-electron chi connectivity index (χ0n) is 12.5. The Labute approximate surface area is 137 Å². The molecule has 0 aliphatic rings. The number of halogens is 2. The normalized spacial score (nSPS) is 10.9. The Morgan fingerprint density at radius 1 is 1.08 bits per heavy atom. The third kappa shape index (κ3) is 3.73. The molecule has 0 bridgehead atoms. The van der Waals surface area contributed by atoms with Gasteiger partial charge in [-0.15, -0.1) is 0 Å². The molecule has 0 saturated heterocycles. The van der Waals surface area contributed by atoms with Crippen LogP contribution in [0.25, 0.3) is 11.8 Å². The Kier molecular flexibility index (Phi) is 4.47. The molecule has 6 heteroatoms. The van der Waals surface area contributed by atoms with Crippen LogP contribution in [0.15, 0.2) is 67.0 Å². The van der Waals surface area contributed by atoms with Gasteiger partial charge in [-0.2, -0.15) is 5.10 Å². The lowest BCUT2D eigenvalue weighted by Crippen LogP contribution is -2.08. The van der Waals surface area contributed by atoms with Crippen LogP contribution in [0.5, 0.6) is 0 Å². The molecule has 0 radical (unpaired) electrons. The van der Waals surface area contributed by atoms with Gasteiger partial charge in [-0.25, -0.2) is 13.5 Å². The molecule has 1 N–H and O–H groups in total. The minimum atomic E-state index is -1.01. The van der Waals surface area contributed by atoms with Crippen molar-refractivity contribution in [3.05, 3.63) is 84.2 Å². The maximum absolute atomic E-state index is 13.1. The Bertz CT molecular complexity index is 888. The number of benzene rings is 2. The molecule has 0 saturated carbocycles. The first kappa shape index (κ1) is 15.6. The average molecular weight is 325 g/mol. The molecule has 24 heavy (non-hydrogen) atoms. The zero-order valence-corrected chi connectivity index (χ0v) is 12.5. The second-order valence-corrected chi connectivity index (χ2v) is 5.01. The van der Waals surface area contributed by atoms with Gasteiger partial charge in [0, 0.05) is 29.6 Å². The fourth-order valence-corrected chi connectivity index (χ4v) is 2.07. The second kappa shape index (κ2) is 6.87. The third-order valence-corrected chi connectivity index (χ3v) is 3.24. The molecule has 120 valence electrons. The van der Waals surface area contributed by atoms with Crippen LogP contribution in [0.1, 0.15) is 5.56 Å². The molecule has 1 amide bonds. The molecule has 1 heterocycles. The van der Waals surface area contributed by atoms with Gasteiger partial charge >= 0.3 is 0 Å². The van der Waals surface area contributed by atoms with Crippen molar-refractivity contribution in [2.75, 3.05) is 5.32 Å². The summed E-state index contributed by atoms with van der Waals surface area (Å²) in [6, 6.07) is 12.7. The second-order valence-electron chi connectivity index (χ2n) is 5.01. The summed E-state index contributed by atoms with van der Waals surface area (Å²) in [5.41, 5.74) is 1.83. The lowest BCUT2D eigenvalue weighted by Gasteiger charge is -2.02. The summed E-state index contributed by atoms with van der Waals surface area (Å²) in [5.74, 6) is -2.42. The summed E-state index contributed by atoms with van der Waals surface area (Å²) in [6.45, 7) is 0. The van der Waals surface area contributed by atoms with Crippen molar-refractivity contribution in [1.82, 2.24) is 9.78 Å². The Balaban J connectivity index is 1.66. The standard InChI is InChI=1S/C18H13F2N3O/c19-16-8-7-14(10-17(16)20)22-18(24)9-6-13-11-21-23(12-13)15-4-2-1-3-5-15/h1-12H,(H,22,24). The van der Waals surface area contributed by atoms with E-state index in [1.54, 1.807) is 23.2 Å². The Hall–Kier alpha value is -3.28. The Morgan fingerprint density at radius 2 is 1.88 bits per heavy atom. The van der Waals surface area contributed by atoms with Gasteiger partial charge in [0.1, 0.15) is 0 Å². The quantitative estimate of drug-likeness (QED) is 0.742. The predicted molar refractivity (Wildman–Crippen MR) is 87.6 cm³/mol. The molecule has 3 rings (SSSR count). The Morgan fingerprint density at radius 3 is 2.62 bits per heavy atom. The van der Waals surface area contributed by atoms with Crippen LogP contribution in [-0.2, 0) is 4.79 Å². The van der Waals surface area contributed by atoms with E-state index in [1.165, 1.54) is 12.1 Å². The number of para-hydroxylation sites is 1. The SMILES string of the molecule is O=C(C=Cc1cnn(-c2ccccc2)c1)Nc1ccc(F)c(F)c1. The number of nitrogens with zero attached hydrogens (tertiary/aromatic N) is 2. The molecule has 0 fully saturated rings. The fourth-order valence-electron chi connectivity index (χ4n) is 2.07. The van der Waals surface area contributed by atoms with Gasteiger partial charge in [0.25, 0.3) is 0 Å². The first-order valence-corrected chi connectivity index (χ1v) is 7.16. The number of aromatic nitrogens is 2. The lowest BCUT2D eigenvalue weighted by molar-refractivity contribution is -0.111. The molecule has 2 aromatic carbocycles. The number of hydrogen-bond acceptors (Lipinski definition) is 2. The lowest BCUT2D eigenvalue weighted by atomic mass is 10.3. The number of rotatable bonds is 4. The van der Waals surface area contributed by atoms with Crippen LogP contribution < -0.4 is 5.32 Å². The largest absolute Gasteiger partial charge is 0.322 e.